The molecule has 2 heterocycles. The number of nitrogens with zero attached hydrogens (tertiary/aromatic N) is 2. The van der Waals surface area contributed by atoms with Crippen LogP contribution in [0.1, 0.15) is 35.5 Å². The van der Waals surface area contributed by atoms with Gasteiger partial charge < -0.3 is 13.9 Å². The summed E-state index contributed by atoms with van der Waals surface area (Å²) in [5.41, 5.74) is 2.17. The maximum absolute atomic E-state index is 12.4. The van der Waals surface area contributed by atoms with E-state index < -0.39 is 11.9 Å². The van der Waals surface area contributed by atoms with E-state index in [0.29, 0.717) is 21.7 Å². The number of nitriles is 1. The summed E-state index contributed by atoms with van der Waals surface area (Å²) in [6.07, 6.45) is 1.74. The number of pyridine rings is 1. The van der Waals surface area contributed by atoms with Gasteiger partial charge in [0.15, 0.2) is 0 Å². The van der Waals surface area contributed by atoms with Crippen LogP contribution in [-0.4, -0.2) is 35.3 Å². The molecular weight excluding hydrogens is 328 g/mol. The molecule has 126 valence electrons. The lowest BCUT2D eigenvalue weighted by atomic mass is 10.2. The van der Waals surface area contributed by atoms with E-state index in [1.165, 1.54) is 0 Å². The Morgan fingerprint density at radius 2 is 2.00 bits per heavy atom. The minimum atomic E-state index is -0.506. The van der Waals surface area contributed by atoms with Crippen molar-refractivity contribution in [3.05, 3.63) is 35.2 Å². The number of ether oxygens (including phenoxy) is 2. The molecule has 0 saturated carbocycles. The van der Waals surface area contributed by atoms with Gasteiger partial charge in [-0.3, -0.25) is 4.79 Å². The van der Waals surface area contributed by atoms with Crippen LogP contribution in [0.5, 0.6) is 0 Å². The molecule has 6 nitrogen and oxygen atoms in total. The van der Waals surface area contributed by atoms with Crippen molar-refractivity contribution in [2.24, 2.45) is 0 Å². The zero-order valence-electron chi connectivity index (χ0n) is 13.8. The number of aryl methyl sites for hydroxylation is 1. The highest BCUT2D eigenvalue weighted by Gasteiger charge is 2.25. The van der Waals surface area contributed by atoms with Crippen LogP contribution in [0.2, 0.25) is 0 Å². The Bertz CT molecular complexity index is 820. The Morgan fingerprint density at radius 3 is 2.62 bits per heavy atom. The fraction of sp³-hybridized carbons (Fsp3) is 0.353. The van der Waals surface area contributed by atoms with Crippen LogP contribution in [0, 0.1) is 18.3 Å². The lowest BCUT2D eigenvalue weighted by Crippen LogP contribution is -2.08. The summed E-state index contributed by atoms with van der Waals surface area (Å²) in [7, 11) is 0. The van der Waals surface area contributed by atoms with Gasteiger partial charge in [-0.2, -0.15) is 5.26 Å². The first-order valence-corrected chi connectivity index (χ1v) is 8.52. The van der Waals surface area contributed by atoms with Gasteiger partial charge in [0, 0.05) is 6.20 Å². The van der Waals surface area contributed by atoms with Gasteiger partial charge in [-0.25, -0.2) is 4.79 Å². The summed E-state index contributed by atoms with van der Waals surface area (Å²) in [5.74, 6) is -0.883. The summed E-state index contributed by atoms with van der Waals surface area (Å²) in [6, 6.07) is 5.78. The van der Waals surface area contributed by atoms with Gasteiger partial charge in [0.05, 0.1) is 29.4 Å². The van der Waals surface area contributed by atoms with Crippen LogP contribution in [0.4, 0.5) is 0 Å². The van der Waals surface area contributed by atoms with Gasteiger partial charge in [0.1, 0.15) is 17.3 Å². The van der Waals surface area contributed by atoms with Crippen molar-refractivity contribution < 1.29 is 19.1 Å². The molecule has 2 rings (SSSR count). The van der Waals surface area contributed by atoms with Crippen LogP contribution < -0.4 is 0 Å². The fourth-order valence-corrected chi connectivity index (χ4v) is 3.28. The molecule has 24 heavy (non-hydrogen) atoms. The van der Waals surface area contributed by atoms with Crippen molar-refractivity contribution in [3.63, 3.8) is 0 Å². The van der Waals surface area contributed by atoms with E-state index >= 15 is 0 Å². The average molecular weight is 346 g/mol. The molecule has 0 aliphatic carbocycles. The van der Waals surface area contributed by atoms with Crippen LogP contribution in [-0.2, 0) is 14.3 Å². The van der Waals surface area contributed by atoms with Crippen molar-refractivity contribution in [1.29, 1.82) is 5.26 Å². The quantitative estimate of drug-likeness (QED) is 0.591. The smallest absolute Gasteiger partial charge is 0.341 e. The van der Waals surface area contributed by atoms with E-state index in [2.05, 4.69) is 6.07 Å². The van der Waals surface area contributed by atoms with Gasteiger partial charge in [-0.05, 0) is 38.5 Å². The summed E-state index contributed by atoms with van der Waals surface area (Å²) in [5, 5.41) is 9.53. The minimum absolute atomic E-state index is 0.0186. The van der Waals surface area contributed by atoms with Crippen molar-refractivity contribution in [2.45, 2.75) is 25.7 Å². The first-order valence-electron chi connectivity index (χ1n) is 7.53. The Hall–Kier alpha value is -2.46. The molecule has 7 heteroatoms. The number of esters is 2. The predicted octanol–water partition coefficient (Wildman–Crippen LogP) is 2.95. The summed E-state index contributed by atoms with van der Waals surface area (Å²) < 4.78 is 11.7. The van der Waals surface area contributed by atoms with Crippen molar-refractivity contribution >= 4 is 29.2 Å². The summed E-state index contributed by atoms with van der Waals surface area (Å²) in [4.78, 5) is 24.5. The van der Waals surface area contributed by atoms with Gasteiger partial charge in [0.2, 0.25) is 0 Å². The van der Waals surface area contributed by atoms with E-state index in [1.807, 2.05) is 19.1 Å². The molecule has 0 spiro atoms. The Morgan fingerprint density at radius 1 is 1.29 bits per heavy atom. The molecule has 0 N–H and O–H groups in total. The van der Waals surface area contributed by atoms with Gasteiger partial charge >= 0.3 is 11.9 Å². The molecule has 0 aromatic carbocycles. The Kier molecular flexibility index (Phi) is 5.88. The first kappa shape index (κ1) is 17.9. The molecule has 0 unspecified atom stereocenters. The average Bonchev–Trinajstić information content (AvgIpc) is 2.85. The molecule has 0 bridgehead atoms. The second kappa shape index (κ2) is 7.88. The predicted molar refractivity (Wildman–Crippen MR) is 90.2 cm³/mol. The number of thioether (sulfide) groups is 1. The lowest BCUT2D eigenvalue weighted by molar-refractivity contribution is -0.139. The molecular formula is C17H18N2O4S. The third kappa shape index (κ3) is 3.54. The highest BCUT2D eigenvalue weighted by Crippen LogP contribution is 2.33. The molecule has 0 aliphatic heterocycles. The number of carbonyl (C=O) groups excluding carboxylic acids is 2. The second-order valence-corrected chi connectivity index (χ2v) is 5.92. The summed E-state index contributed by atoms with van der Waals surface area (Å²) >= 11 is 1.11. The van der Waals surface area contributed by atoms with Gasteiger partial charge in [-0.1, -0.05) is 0 Å². The van der Waals surface area contributed by atoms with Crippen molar-refractivity contribution in [3.8, 4) is 6.07 Å². The number of aromatic nitrogens is 1. The van der Waals surface area contributed by atoms with Crippen molar-refractivity contribution in [2.75, 3.05) is 19.0 Å². The molecule has 2 aromatic rings. The highest BCUT2D eigenvalue weighted by atomic mass is 32.2. The minimum Gasteiger partial charge on any atom is -0.465 e. The topological polar surface area (TPSA) is 80.8 Å². The summed E-state index contributed by atoms with van der Waals surface area (Å²) in [6.45, 7) is 5.86. The molecule has 0 saturated heterocycles. The van der Waals surface area contributed by atoms with E-state index in [9.17, 15) is 14.9 Å². The van der Waals surface area contributed by atoms with Crippen LogP contribution in [0.25, 0.3) is 5.52 Å². The number of rotatable bonds is 6. The molecule has 0 amide bonds. The second-order valence-electron chi connectivity index (χ2n) is 4.94. The SMILES string of the molecule is CCOC(=O)CSc1c(C(=O)OCC)c2cc(C)ccn2c1C#N. The molecule has 0 radical (unpaired) electrons. The van der Waals surface area contributed by atoms with E-state index in [4.69, 9.17) is 9.47 Å². The maximum Gasteiger partial charge on any atom is 0.341 e. The van der Waals surface area contributed by atoms with E-state index in [-0.39, 0.29) is 19.0 Å². The normalized spacial score (nSPS) is 10.4. The first-order chi connectivity index (χ1) is 11.5. The monoisotopic (exact) mass is 346 g/mol. The van der Waals surface area contributed by atoms with Crippen LogP contribution >= 0.6 is 11.8 Å². The van der Waals surface area contributed by atoms with Gasteiger partial charge in [-0.15, -0.1) is 11.8 Å². The number of hydrogen-bond acceptors (Lipinski definition) is 6. The molecule has 0 fully saturated rings. The number of fused-ring (bicyclic) bond motifs is 1. The number of carbonyl (C=O) groups is 2. The van der Waals surface area contributed by atoms with Gasteiger partial charge in [0.25, 0.3) is 0 Å². The highest BCUT2D eigenvalue weighted by molar-refractivity contribution is 8.00. The third-order valence-electron chi connectivity index (χ3n) is 3.27. The zero-order chi connectivity index (χ0) is 17.7. The van der Waals surface area contributed by atoms with E-state index in [0.717, 1.165) is 17.3 Å². The standard InChI is InChI=1S/C17H18N2O4S/c1-4-22-14(20)10-24-16-13(9-18)19-7-6-11(3)8-12(19)15(16)17(21)23-5-2/h6-8H,4-5,10H2,1-3H3. The zero-order valence-corrected chi connectivity index (χ0v) is 14.6. The largest absolute Gasteiger partial charge is 0.465 e. The van der Waals surface area contributed by atoms with Crippen LogP contribution in [0.3, 0.4) is 0 Å². The lowest BCUT2D eigenvalue weighted by Gasteiger charge is -2.05. The fourth-order valence-electron chi connectivity index (χ4n) is 2.32. The Labute approximate surface area is 144 Å². The molecule has 2 aromatic heterocycles. The van der Waals surface area contributed by atoms with Crippen molar-refractivity contribution in [1.82, 2.24) is 4.40 Å². The Balaban J connectivity index is 2.57. The molecule has 0 aliphatic rings. The number of hydrogen-bond donors (Lipinski definition) is 0. The maximum atomic E-state index is 12.4. The third-order valence-corrected chi connectivity index (χ3v) is 4.34. The van der Waals surface area contributed by atoms with E-state index in [1.54, 1.807) is 24.4 Å². The molecule has 0 atom stereocenters. The van der Waals surface area contributed by atoms with Crippen LogP contribution in [0.15, 0.2) is 23.2 Å².